The van der Waals surface area contributed by atoms with Crippen LogP contribution in [0.2, 0.25) is 0 Å². The number of rotatable bonds is 4. The topological polar surface area (TPSA) is 69.6 Å². The quantitative estimate of drug-likeness (QED) is 0.659. The van der Waals surface area contributed by atoms with Crippen molar-refractivity contribution in [2.45, 2.75) is 56.7 Å². The molecular formula is C23H21F5N2O3. The lowest BCUT2D eigenvalue weighted by molar-refractivity contribution is -0.166. The summed E-state index contributed by atoms with van der Waals surface area (Å²) in [6.07, 6.45) is 0.484. The molecule has 2 saturated heterocycles. The Morgan fingerprint density at radius 2 is 1.64 bits per heavy atom. The number of carbonyl (C=O) groups is 2. The molecule has 2 aromatic carbocycles. The number of aryl methyl sites for hydroxylation is 1. The normalized spacial score (nSPS) is 22.4. The molecule has 2 aliphatic rings. The molecular weight excluding hydrogens is 447 g/mol. The fraction of sp³-hybridized carbons (Fsp3) is 0.391. The fourth-order valence-corrected chi connectivity index (χ4v) is 4.64. The van der Waals surface area contributed by atoms with E-state index in [9.17, 15) is 27.9 Å². The highest BCUT2D eigenvalue weighted by Gasteiger charge is 2.53. The van der Waals surface area contributed by atoms with E-state index in [1.54, 1.807) is 0 Å². The number of amides is 2. The Hall–Kier alpha value is -3.01. The van der Waals surface area contributed by atoms with Gasteiger partial charge in [-0.1, -0.05) is 0 Å². The molecule has 0 saturated carbocycles. The van der Waals surface area contributed by atoms with E-state index in [0.717, 1.165) is 11.0 Å². The monoisotopic (exact) mass is 468 g/mol. The van der Waals surface area contributed by atoms with Crippen LogP contribution in [0.25, 0.3) is 0 Å². The molecule has 3 atom stereocenters. The summed E-state index contributed by atoms with van der Waals surface area (Å²) in [6, 6.07) is 2.80. The number of anilines is 1. The maximum Gasteiger partial charge on any atom is 0.352 e. The number of aliphatic hydroxyl groups is 1. The fourth-order valence-electron chi connectivity index (χ4n) is 4.64. The van der Waals surface area contributed by atoms with Crippen LogP contribution >= 0.6 is 0 Å². The summed E-state index contributed by atoms with van der Waals surface area (Å²) in [6.45, 7) is 1.43. The summed E-state index contributed by atoms with van der Waals surface area (Å²) in [5.74, 6) is -10.8. The van der Waals surface area contributed by atoms with E-state index >= 15 is 8.78 Å². The third-order valence-corrected chi connectivity index (χ3v) is 6.27. The number of halogens is 5. The van der Waals surface area contributed by atoms with E-state index in [2.05, 4.69) is 5.32 Å². The van der Waals surface area contributed by atoms with Crippen LogP contribution in [0.15, 0.2) is 30.3 Å². The lowest BCUT2D eigenvalue weighted by Gasteiger charge is -2.39. The summed E-state index contributed by atoms with van der Waals surface area (Å²) >= 11 is 0. The number of carbonyl (C=O) groups excluding carboxylic acids is 2. The van der Waals surface area contributed by atoms with Crippen LogP contribution in [0.5, 0.6) is 0 Å². The van der Waals surface area contributed by atoms with Crippen molar-refractivity contribution in [1.82, 2.24) is 4.90 Å². The minimum absolute atomic E-state index is 0.0791. The molecule has 176 valence electrons. The van der Waals surface area contributed by atoms with Gasteiger partial charge >= 0.3 is 5.92 Å². The SMILES string of the molecule is Cc1cc(NC(=O)c2cc(C(F)(F)C(=O)N3[C@@H]4CC[C@H]3C[C@@H](O)C4)c(F)cc2F)ccc1F. The van der Waals surface area contributed by atoms with Crippen LogP contribution in [0, 0.1) is 24.4 Å². The van der Waals surface area contributed by atoms with Gasteiger partial charge in [-0.2, -0.15) is 8.78 Å². The van der Waals surface area contributed by atoms with Crippen LogP contribution in [0.4, 0.5) is 27.6 Å². The molecule has 2 N–H and O–H groups in total. The molecule has 2 aliphatic heterocycles. The molecule has 2 bridgehead atoms. The first-order chi connectivity index (χ1) is 15.5. The molecule has 0 unspecified atom stereocenters. The zero-order valence-corrected chi connectivity index (χ0v) is 17.5. The molecule has 2 fully saturated rings. The van der Waals surface area contributed by atoms with Crippen molar-refractivity contribution in [3.8, 4) is 0 Å². The standard InChI is InChI=1S/C23H21F5N2O3/c1-11-6-12(2-5-18(11)24)29-21(32)16-9-17(20(26)10-19(16)25)23(27,28)22(33)30-13-3-4-14(30)8-15(31)7-13/h2,5-6,9-10,13-15,31H,3-4,7-8H2,1H3,(H,29,32)/t13-,14+,15+. The van der Waals surface area contributed by atoms with Gasteiger partial charge in [0.15, 0.2) is 0 Å². The van der Waals surface area contributed by atoms with Gasteiger partial charge in [0.2, 0.25) is 0 Å². The second-order valence-corrected chi connectivity index (χ2v) is 8.53. The second kappa shape index (κ2) is 8.40. The molecule has 10 heteroatoms. The number of benzene rings is 2. The van der Waals surface area contributed by atoms with E-state index in [-0.39, 0.29) is 30.2 Å². The van der Waals surface area contributed by atoms with Gasteiger partial charge in [0.25, 0.3) is 11.8 Å². The van der Waals surface area contributed by atoms with E-state index in [4.69, 9.17) is 0 Å². The molecule has 33 heavy (non-hydrogen) atoms. The first-order valence-corrected chi connectivity index (χ1v) is 10.4. The number of fused-ring (bicyclic) bond motifs is 2. The Morgan fingerprint density at radius 3 is 2.24 bits per heavy atom. The van der Waals surface area contributed by atoms with E-state index in [1.165, 1.54) is 19.1 Å². The minimum Gasteiger partial charge on any atom is -0.393 e. The Kier molecular flexibility index (Phi) is 5.90. The lowest BCUT2D eigenvalue weighted by Crippen LogP contribution is -2.53. The van der Waals surface area contributed by atoms with Crippen molar-refractivity contribution >= 4 is 17.5 Å². The average Bonchev–Trinajstić information content (AvgIpc) is 3.00. The van der Waals surface area contributed by atoms with Crippen LogP contribution in [-0.4, -0.2) is 40.0 Å². The highest BCUT2D eigenvalue weighted by atomic mass is 19.3. The van der Waals surface area contributed by atoms with E-state index in [1.807, 2.05) is 0 Å². The van der Waals surface area contributed by atoms with Crippen molar-refractivity contribution in [1.29, 1.82) is 0 Å². The first kappa shape index (κ1) is 23.2. The van der Waals surface area contributed by atoms with Crippen LogP contribution in [0.1, 0.15) is 47.2 Å². The van der Waals surface area contributed by atoms with Crippen molar-refractivity contribution < 1.29 is 36.6 Å². The average molecular weight is 468 g/mol. The summed E-state index contributed by atoms with van der Waals surface area (Å²) < 4.78 is 72.5. The second-order valence-electron chi connectivity index (χ2n) is 8.53. The molecule has 0 aromatic heterocycles. The van der Waals surface area contributed by atoms with E-state index < -0.39 is 64.5 Å². The lowest BCUT2D eigenvalue weighted by atomic mass is 9.96. The Labute approximate surface area is 186 Å². The Balaban J connectivity index is 1.64. The number of aliphatic hydroxyl groups excluding tert-OH is 1. The molecule has 2 heterocycles. The van der Waals surface area contributed by atoms with Gasteiger partial charge in [-0.05, 0) is 62.4 Å². The van der Waals surface area contributed by atoms with Crippen LogP contribution in [0.3, 0.4) is 0 Å². The first-order valence-electron chi connectivity index (χ1n) is 10.4. The molecule has 0 aliphatic carbocycles. The van der Waals surface area contributed by atoms with Crippen molar-refractivity contribution in [2.24, 2.45) is 0 Å². The Morgan fingerprint density at radius 1 is 1.00 bits per heavy atom. The summed E-state index contributed by atoms with van der Waals surface area (Å²) in [7, 11) is 0. The van der Waals surface area contributed by atoms with Gasteiger partial charge in [0.05, 0.1) is 17.2 Å². The van der Waals surface area contributed by atoms with Gasteiger partial charge in [0.1, 0.15) is 17.5 Å². The molecule has 4 rings (SSSR count). The number of alkyl halides is 2. The minimum atomic E-state index is -4.36. The number of nitrogens with one attached hydrogen (secondary N) is 1. The smallest absolute Gasteiger partial charge is 0.352 e. The van der Waals surface area contributed by atoms with Gasteiger partial charge in [-0.15, -0.1) is 0 Å². The maximum atomic E-state index is 15.2. The van der Waals surface area contributed by atoms with Crippen molar-refractivity contribution in [2.75, 3.05) is 5.32 Å². The third-order valence-electron chi connectivity index (χ3n) is 6.27. The Bertz CT molecular complexity index is 1110. The number of hydrogen-bond donors (Lipinski definition) is 2. The highest BCUT2D eigenvalue weighted by Crippen LogP contribution is 2.41. The predicted octanol–water partition coefficient (Wildman–Crippen LogP) is 4.27. The number of nitrogens with zero attached hydrogens (tertiary/aromatic N) is 1. The zero-order chi connectivity index (χ0) is 24.1. The summed E-state index contributed by atoms with van der Waals surface area (Å²) in [4.78, 5) is 26.3. The van der Waals surface area contributed by atoms with Gasteiger partial charge in [0, 0.05) is 23.8 Å². The van der Waals surface area contributed by atoms with Crippen LogP contribution in [-0.2, 0) is 10.7 Å². The molecule has 0 spiro atoms. The number of piperidine rings is 1. The highest BCUT2D eigenvalue weighted by molar-refractivity contribution is 6.04. The molecule has 2 amide bonds. The zero-order valence-electron chi connectivity index (χ0n) is 17.5. The predicted molar refractivity (Wildman–Crippen MR) is 108 cm³/mol. The largest absolute Gasteiger partial charge is 0.393 e. The summed E-state index contributed by atoms with van der Waals surface area (Å²) in [5, 5.41) is 12.1. The third kappa shape index (κ3) is 4.19. The van der Waals surface area contributed by atoms with Gasteiger partial charge in [-0.3, -0.25) is 9.59 Å². The molecule has 0 radical (unpaired) electrons. The number of hydrogen-bond acceptors (Lipinski definition) is 3. The molecule has 2 aromatic rings. The maximum absolute atomic E-state index is 15.2. The van der Waals surface area contributed by atoms with Crippen LogP contribution < -0.4 is 5.32 Å². The van der Waals surface area contributed by atoms with Gasteiger partial charge < -0.3 is 15.3 Å². The van der Waals surface area contributed by atoms with Crippen molar-refractivity contribution in [3.63, 3.8) is 0 Å². The van der Waals surface area contributed by atoms with Gasteiger partial charge in [-0.25, -0.2) is 13.2 Å². The van der Waals surface area contributed by atoms with Crippen molar-refractivity contribution in [3.05, 3.63) is 64.5 Å². The molecule has 5 nitrogen and oxygen atoms in total. The summed E-state index contributed by atoms with van der Waals surface area (Å²) in [5.41, 5.74) is -2.04. The van der Waals surface area contributed by atoms with E-state index in [0.29, 0.717) is 18.9 Å².